The zero-order chi connectivity index (χ0) is 13.9. The number of ether oxygens (including phenoxy) is 1. The highest BCUT2D eigenvalue weighted by Gasteiger charge is 2.32. The van der Waals surface area contributed by atoms with Gasteiger partial charge in [-0.05, 0) is 20.3 Å². The van der Waals surface area contributed by atoms with E-state index in [4.69, 9.17) is 4.74 Å². The molecule has 2 saturated heterocycles. The van der Waals surface area contributed by atoms with Crippen molar-refractivity contribution in [3.8, 4) is 0 Å². The summed E-state index contributed by atoms with van der Waals surface area (Å²) in [7, 11) is 1.88. The molecule has 0 saturated carbocycles. The largest absolute Gasteiger partial charge is 0.381 e. The molecule has 1 N–H and O–H groups in total. The Labute approximate surface area is 144 Å². The van der Waals surface area contributed by atoms with Gasteiger partial charge in [-0.2, -0.15) is 11.8 Å². The van der Waals surface area contributed by atoms with Gasteiger partial charge < -0.3 is 15.0 Å². The Hall–Kier alpha value is 0.310. The maximum Gasteiger partial charge on any atom is 0.193 e. The number of halogens is 1. The van der Waals surface area contributed by atoms with Crippen LogP contribution in [0.2, 0.25) is 0 Å². The first kappa shape index (κ1) is 18.4. The van der Waals surface area contributed by atoms with Crippen molar-refractivity contribution in [3.63, 3.8) is 0 Å². The topological polar surface area (TPSA) is 36.9 Å². The molecule has 2 aliphatic heterocycles. The molecular formula is C14H28IN3OS. The normalized spacial score (nSPS) is 30.0. The summed E-state index contributed by atoms with van der Waals surface area (Å²) in [4.78, 5) is 6.84. The highest BCUT2D eigenvalue weighted by atomic mass is 127. The third kappa shape index (κ3) is 4.94. The van der Waals surface area contributed by atoms with Crippen molar-refractivity contribution in [2.45, 2.75) is 31.9 Å². The Kier molecular flexibility index (Phi) is 6.92. The summed E-state index contributed by atoms with van der Waals surface area (Å²) in [6.45, 7) is 11.8. The van der Waals surface area contributed by atoms with Crippen LogP contribution in [0.1, 0.15) is 27.2 Å². The van der Waals surface area contributed by atoms with E-state index in [1.807, 2.05) is 7.05 Å². The van der Waals surface area contributed by atoms with Crippen LogP contribution in [0.3, 0.4) is 0 Å². The second-order valence-electron chi connectivity index (χ2n) is 6.54. The summed E-state index contributed by atoms with van der Waals surface area (Å²) < 4.78 is 5.82. The molecule has 6 heteroatoms. The molecule has 118 valence electrons. The maximum absolute atomic E-state index is 5.51. The van der Waals surface area contributed by atoms with Crippen LogP contribution in [0, 0.1) is 5.41 Å². The third-order valence-electron chi connectivity index (χ3n) is 3.91. The Morgan fingerprint density at radius 3 is 2.70 bits per heavy atom. The molecular weight excluding hydrogens is 385 g/mol. The standard InChI is InChI=1S/C14H27N3OS.HI/c1-13(2)10-17(6-8-19-13)12(15-4)16-9-14(3)5-7-18-11-14;/h5-11H2,1-4H3,(H,15,16);1H. The van der Waals surface area contributed by atoms with E-state index in [2.05, 4.69) is 47.7 Å². The van der Waals surface area contributed by atoms with Crippen LogP contribution in [0.15, 0.2) is 4.99 Å². The molecule has 0 aromatic rings. The van der Waals surface area contributed by atoms with Crippen molar-refractivity contribution in [1.82, 2.24) is 10.2 Å². The molecule has 0 spiro atoms. The highest BCUT2D eigenvalue weighted by Crippen LogP contribution is 2.30. The SMILES string of the molecule is CN=C(NCC1(C)CCOC1)N1CCSC(C)(C)C1.I. The molecule has 0 aliphatic carbocycles. The van der Waals surface area contributed by atoms with Gasteiger partial charge in [0.1, 0.15) is 0 Å². The van der Waals surface area contributed by atoms with Crippen molar-refractivity contribution in [2.75, 3.05) is 45.6 Å². The fourth-order valence-corrected chi connectivity index (χ4v) is 3.78. The molecule has 0 bridgehead atoms. The van der Waals surface area contributed by atoms with Crippen LogP contribution in [-0.4, -0.2) is 61.3 Å². The minimum absolute atomic E-state index is 0. The number of thioether (sulfide) groups is 1. The Morgan fingerprint density at radius 2 is 2.15 bits per heavy atom. The van der Waals surface area contributed by atoms with Crippen molar-refractivity contribution in [1.29, 1.82) is 0 Å². The summed E-state index contributed by atoms with van der Waals surface area (Å²) in [5.74, 6) is 2.22. The average molecular weight is 413 g/mol. The van der Waals surface area contributed by atoms with Crippen molar-refractivity contribution in [3.05, 3.63) is 0 Å². The minimum Gasteiger partial charge on any atom is -0.381 e. The summed E-state index contributed by atoms with van der Waals surface area (Å²) in [5.41, 5.74) is 0.260. The van der Waals surface area contributed by atoms with Gasteiger partial charge in [0.2, 0.25) is 0 Å². The van der Waals surface area contributed by atoms with E-state index in [9.17, 15) is 0 Å². The van der Waals surface area contributed by atoms with E-state index in [1.54, 1.807) is 0 Å². The lowest BCUT2D eigenvalue weighted by Crippen LogP contribution is -2.52. The van der Waals surface area contributed by atoms with Gasteiger partial charge in [0, 0.05) is 49.2 Å². The van der Waals surface area contributed by atoms with E-state index in [0.717, 1.165) is 45.2 Å². The van der Waals surface area contributed by atoms with Crippen LogP contribution in [-0.2, 0) is 4.74 Å². The summed E-state index contributed by atoms with van der Waals surface area (Å²) in [5, 5.41) is 3.55. The van der Waals surface area contributed by atoms with E-state index >= 15 is 0 Å². The number of nitrogens with one attached hydrogen (secondary N) is 1. The van der Waals surface area contributed by atoms with Gasteiger partial charge in [-0.15, -0.1) is 24.0 Å². The molecule has 2 fully saturated rings. The number of guanidine groups is 1. The van der Waals surface area contributed by atoms with Gasteiger partial charge in [0.25, 0.3) is 0 Å². The van der Waals surface area contributed by atoms with Gasteiger partial charge in [-0.3, -0.25) is 4.99 Å². The number of hydrogen-bond donors (Lipinski definition) is 1. The van der Waals surface area contributed by atoms with Crippen LogP contribution in [0.5, 0.6) is 0 Å². The van der Waals surface area contributed by atoms with Gasteiger partial charge >= 0.3 is 0 Å². The predicted octanol–water partition coefficient (Wildman–Crippen LogP) is 2.43. The summed E-state index contributed by atoms with van der Waals surface area (Å²) >= 11 is 2.05. The summed E-state index contributed by atoms with van der Waals surface area (Å²) in [6.07, 6.45) is 1.14. The fraction of sp³-hybridized carbons (Fsp3) is 0.929. The van der Waals surface area contributed by atoms with Gasteiger partial charge in [0.05, 0.1) is 6.61 Å². The quantitative estimate of drug-likeness (QED) is 0.429. The minimum atomic E-state index is 0. The highest BCUT2D eigenvalue weighted by molar-refractivity contribution is 14.0. The molecule has 0 aromatic heterocycles. The number of nitrogens with zero attached hydrogens (tertiary/aromatic N) is 2. The zero-order valence-electron chi connectivity index (χ0n) is 13.1. The van der Waals surface area contributed by atoms with E-state index in [-0.39, 0.29) is 29.4 Å². The van der Waals surface area contributed by atoms with E-state index < -0.39 is 0 Å². The Morgan fingerprint density at radius 1 is 1.40 bits per heavy atom. The molecule has 0 amide bonds. The molecule has 2 aliphatic rings. The van der Waals surface area contributed by atoms with Crippen molar-refractivity contribution >= 4 is 41.7 Å². The van der Waals surface area contributed by atoms with E-state index in [0.29, 0.717) is 4.75 Å². The summed E-state index contributed by atoms with van der Waals surface area (Å²) in [6, 6.07) is 0. The first-order valence-corrected chi connectivity index (χ1v) is 8.10. The molecule has 2 rings (SSSR count). The number of rotatable bonds is 2. The second-order valence-corrected chi connectivity index (χ2v) is 8.35. The lowest BCUT2D eigenvalue weighted by Gasteiger charge is -2.39. The van der Waals surface area contributed by atoms with Crippen LogP contribution in [0.25, 0.3) is 0 Å². The van der Waals surface area contributed by atoms with Gasteiger partial charge in [0.15, 0.2) is 5.96 Å². The molecule has 0 radical (unpaired) electrons. The number of aliphatic imine (C=N–C) groups is 1. The predicted molar refractivity (Wildman–Crippen MR) is 98.4 cm³/mol. The molecule has 20 heavy (non-hydrogen) atoms. The van der Waals surface area contributed by atoms with Crippen molar-refractivity contribution < 1.29 is 4.74 Å². The van der Waals surface area contributed by atoms with Gasteiger partial charge in [-0.25, -0.2) is 0 Å². The maximum atomic E-state index is 5.51. The van der Waals surface area contributed by atoms with Crippen molar-refractivity contribution in [2.24, 2.45) is 10.4 Å². The number of hydrogen-bond acceptors (Lipinski definition) is 3. The van der Waals surface area contributed by atoms with Crippen LogP contribution >= 0.6 is 35.7 Å². The molecule has 1 unspecified atom stereocenters. The Balaban J connectivity index is 0.00000200. The lowest BCUT2D eigenvalue weighted by atomic mass is 9.90. The first-order chi connectivity index (χ1) is 8.94. The Bertz CT molecular complexity index is 343. The smallest absolute Gasteiger partial charge is 0.193 e. The van der Waals surface area contributed by atoms with Crippen LogP contribution in [0.4, 0.5) is 0 Å². The average Bonchev–Trinajstić information content (AvgIpc) is 2.76. The van der Waals surface area contributed by atoms with Gasteiger partial charge in [-0.1, -0.05) is 6.92 Å². The molecule has 4 nitrogen and oxygen atoms in total. The molecule has 0 aromatic carbocycles. The molecule has 1 atom stereocenters. The molecule has 2 heterocycles. The lowest BCUT2D eigenvalue weighted by molar-refractivity contribution is 0.160. The van der Waals surface area contributed by atoms with Crippen LogP contribution < -0.4 is 5.32 Å². The second kappa shape index (κ2) is 7.54. The van der Waals surface area contributed by atoms with E-state index in [1.165, 1.54) is 5.75 Å². The zero-order valence-corrected chi connectivity index (χ0v) is 16.2. The fourth-order valence-electron chi connectivity index (χ4n) is 2.67. The third-order valence-corrected chi connectivity index (χ3v) is 5.21. The first-order valence-electron chi connectivity index (χ1n) is 7.11. The monoisotopic (exact) mass is 413 g/mol.